The van der Waals surface area contributed by atoms with Crippen molar-refractivity contribution in [2.75, 3.05) is 6.61 Å². The van der Waals surface area contributed by atoms with Gasteiger partial charge in [0.1, 0.15) is 18.5 Å². The summed E-state index contributed by atoms with van der Waals surface area (Å²) in [4.78, 5) is 25.3. The van der Waals surface area contributed by atoms with Crippen molar-refractivity contribution in [3.63, 3.8) is 0 Å². The molecule has 1 aliphatic heterocycles. The molecular formula is C28H30FO5S+. The first-order chi connectivity index (χ1) is 16.8. The first-order valence-corrected chi connectivity index (χ1v) is 12.6. The molecule has 4 rings (SSSR count). The molecule has 3 aromatic rings. The highest BCUT2D eigenvalue weighted by Gasteiger charge is 2.33. The second-order valence-corrected chi connectivity index (χ2v) is 10.2. The number of carbonyl (C=O) groups is 2. The van der Waals surface area contributed by atoms with E-state index in [1.165, 1.54) is 42.0 Å². The Balaban J connectivity index is 1.52. The largest absolute Gasteiger partial charge is 0.463 e. The summed E-state index contributed by atoms with van der Waals surface area (Å²) in [5.41, 5.74) is 4.42. The first-order valence-electron chi connectivity index (χ1n) is 11.7. The minimum atomic E-state index is -0.366. The van der Waals surface area contributed by atoms with E-state index in [0.717, 1.165) is 33.8 Å². The summed E-state index contributed by atoms with van der Waals surface area (Å²) in [6.45, 7) is 4.99. The average molecular weight is 498 g/mol. The zero-order valence-corrected chi connectivity index (χ0v) is 21.0. The van der Waals surface area contributed by atoms with Crippen molar-refractivity contribution in [1.29, 1.82) is 0 Å². The minimum absolute atomic E-state index is 0.131. The molecule has 1 saturated heterocycles. The smallest absolute Gasteiger partial charge is 0.302 e. The van der Waals surface area contributed by atoms with E-state index < -0.39 is 0 Å². The number of carbonyl (C=O) groups excluding carboxylic acids is 2. The number of benzene rings is 2. The van der Waals surface area contributed by atoms with E-state index in [1.807, 2.05) is 18.2 Å². The number of rotatable bonds is 7. The molecule has 0 aliphatic carbocycles. The fourth-order valence-corrected chi connectivity index (χ4v) is 5.53. The van der Waals surface area contributed by atoms with Crippen LogP contribution in [-0.2, 0) is 30.2 Å². The zero-order chi connectivity index (χ0) is 24.9. The van der Waals surface area contributed by atoms with Gasteiger partial charge in [0.05, 0.1) is 12.2 Å². The molecular weight excluding hydrogens is 467 g/mol. The van der Waals surface area contributed by atoms with E-state index in [0.29, 0.717) is 12.8 Å². The van der Waals surface area contributed by atoms with E-state index in [2.05, 4.69) is 31.2 Å². The Bertz CT molecular complexity index is 1190. The van der Waals surface area contributed by atoms with Crippen LogP contribution in [0.2, 0.25) is 0 Å². The summed E-state index contributed by atoms with van der Waals surface area (Å²) >= 11 is 1.12. The van der Waals surface area contributed by atoms with E-state index in [9.17, 15) is 14.0 Å². The van der Waals surface area contributed by atoms with Gasteiger partial charge in [-0.25, -0.2) is 4.39 Å². The third kappa shape index (κ3) is 6.77. The van der Waals surface area contributed by atoms with Gasteiger partial charge in [0, 0.05) is 44.7 Å². The molecule has 35 heavy (non-hydrogen) atoms. The van der Waals surface area contributed by atoms with Crippen LogP contribution in [0.5, 0.6) is 0 Å². The van der Waals surface area contributed by atoms with E-state index in [1.54, 1.807) is 0 Å². The first kappa shape index (κ1) is 25.1. The Morgan fingerprint density at radius 1 is 1.03 bits per heavy atom. The molecule has 2 heterocycles. The average Bonchev–Trinajstić information content (AvgIpc) is 3.27. The molecule has 1 aliphatic rings. The van der Waals surface area contributed by atoms with Crippen LogP contribution < -0.4 is 0 Å². The van der Waals surface area contributed by atoms with Crippen molar-refractivity contribution in [3.8, 4) is 10.4 Å². The Kier molecular flexibility index (Phi) is 7.98. The van der Waals surface area contributed by atoms with Crippen molar-refractivity contribution in [2.45, 2.75) is 58.3 Å². The number of esters is 2. The zero-order valence-electron chi connectivity index (χ0n) is 20.1. The molecule has 7 heteroatoms. The van der Waals surface area contributed by atoms with Crippen LogP contribution in [0.3, 0.4) is 0 Å². The molecule has 0 N–H and O–H groups in total. The van der Waals surface area contributed by atoms with E-state index >= 15 is 0 Å². The molecule has 5 nitrogen and oxygen atoms in total. The highest BCUT2D eigenvalue weighted by molar-refractivity contribution is 7.15. The number of hydrogen-bond donors (Lipinski definition) is 0. The summed E-state index contributed by atoms with van der Waals surface area (Å²) in [6.07, 6.45) is 0.928. The van der Waals surface area contributed by atoms with Crippen LogP contribution in [0, 0.1) is 12.7 Å². The number of hydrogen-bond acceptors (Lipinski definition) is 5. The van der Waals surface area contributed by atoms with Gasteiger partial charge in [0.15, 0.2) is 9.75 Å². The van der Waals surface area contributed by atoms with Crippen molar-refractivity contribution in [3.05, 3.63) is 82.0 Å². The third-order valence-electron chi connectivity index (χ3n) is 6.12. The molecule has 0 amide bonds. The van der Waals surface area contributed by atoms with Gasteiger partial charge >= 0.3 is 11.9 Å². The van der Waals surface area contributed by atoms with E-state index in [4.69, 9.17) is 14.2 Å². The van der Waals surface area contributed by atoms with Gasteiger partial charge in [-0.05, 0) is 65.3 Å². The van der Waals surface area contributed by atoms with Crippen LogP contribution in [-0.4, -0.2) is 30.8 Å². The molecule has 3 unspecified atom stereocenters. The third-order valence-corrected chi connectivity index (χ3v) is 7.36. The Morgan fingerprint density at radius 2 is 1.80 bits per heavy atom. The highest BCUT2D eigenvalue weighted by atomic mass is 32.1. The second-order valence-electron chi connectivity index (χ2n) is 8.94. The van der Waals surface area contributed by atoms with Gasteiger partial charge in [-0.2, -0.15) is 0 Å². The van der Waals surface area contributed by atoms with Crippen LogP contribution >= 0.6 is 11.3 Å². The van der Waals surface area contributed by atoms with Crippen molar-refractivity contribution in [1.82, 2.24) is 0 Å². The van der Waals surface area contributed by atoms with Crippen LogP contribution in [0.15, 0.2) is 54.6 Å². The molecule has 0 radical (unpaired) electrons. The molecule has 0 saturated carbocycles. The molecule has 1 aromatic heterocycles. The highest BCUT2D eigenvalue weighted by Crippen LogP contribution is 2.35. The number of ether oxygens (including phenoxy) is 3. The summed E-state index contributed by atoms with van der Waals surface area (Å²) in [5, 5.41) is 0. The quantitative estimate of drug-likeness (QED) is 0.300. The van der Waals surface area contributed by atoms with Gasteiger partial charge in [-0.1, -0.05) is 18.2 Å². The van der Waals surface area contributed by atoms with E-state index in [-0.39, 0.29) is 42.7 Å². The lowest BCUT2D eigenvalue weighted by Gasteiger charge is -2.35. The minimum Gasteiger partial charge on any atom is -0.463 e. The lowest BCUT2D eigenvalue weighted by Crippen LogP contribution is -2.36. The normalized spacial score (nSPS) is 19.8. The second kappa shape index (κ2) is 11.1. The topological polar surface area (TPSA) is 61.8 Å². The number of halogens is 1. The fourth-order valence-electron chi connectivity index (χ4n) is 4.40. The summed E-state index contributed by atoms with van der Waals surface area (Å²) in [5.74, 6) is -0.932. The summed E-state index contributed by atoms with van der Waals surface area (Å²) in [6, 6.07) is 17.1. The van der Waals surface area contributed by atoms with Crippen LogP contribution in [0.1, 0.15) is 54.4 Å². The van der Waals surface area contributed by atoms with Gasteiger partial charge in [0.2, 0.25) is 0 Å². The standard InChI is InChI=1S/C28H29FO5S/c1-17-4-5-21(27-15-24(33-19(3)31)14-25(34-27)16-32-18(2)30)12-22(17)13-26-10-11-28(35-26)20-6-8-23(29)9-7-20/h4-12,24-25,27H,13-16H2,1-3H3/p+1. The number of aryl methyl sites for hydroxylation is 1. The molecule has 3 atom stereocenters. The SMILES string of the molecule is CC(=O)OCC1CC(OC(C)=O)CC(c2ccc(C)c(Cc3ccc(-c4ccc(F)cc4)[sH+]3)c2)O1. The Labute approximate surface area is 208 Å². The Hall–Kier alpha value is -3.03. The maximum atomic E-state index is 13.3. The van der Waals surface area contributed by atoms with Crippen molar-refractivity contribution in [2.24, 2.45) is 0 Å². The van der Waals surface area contributed by atoms with Gasteiger partial charge in [-0.15, -0.1) is 0 Å². The molecule has 0 bridgehead atoms. The monoisotopic (exact) mass is 497 g/mol. The summed E-state index contributed by atoms with van der Waals surface area (Å²) < 4.78 is 30.2. The van der Waals surface area contributed by atoms with Crippen LogP contribution in [0.25, 0.3) is 10.4 Å². The van der Waals surface area contributed by atoms with Gasteiger partial charge in [0.25, 0.3) is 0 Å². The molecule has 0 spiro atoms. The van der Waals surface area contributed by atoms with Gasteiger partial charge in [-0.3, -0.25) is 9.59 Å². The van der Waals surface area contributed by atoms with Crippen molar-refractivity contribution >= 4 is 23.3 Å². The summed E-state index contributed by atoms with van der Waals surface area (Å²) in [7, 11) is 0. The molecule has 184 valence electrons. The molecule has 2 aromatic carbocycles. The lowest BCUT2D eigenvalue weighted by molar-refractivity contribution is -0.169. The maximum Gasteiger partial charge on any atom is 0.302 e. The maximum absolute atomic E-state index is 13.3. The Morgan fingerprint density at radius 3 is 2.51 bits per heavy atom. The fraction of sp³-hybridized carbons (Fsp3) is 0.357. The predicted octanol–water partition coefficient (Wildman–Crippen LogP) is 5.90. The number of thiophene rings is 1. The lowest BCUT2D eigenvalue weighted by atomic mass is 9.93. The van der Waals surface area contributed by atoms with Gasteiger partial charge < -0.3 is 14.2 Å². The molecule has 1 fully saturated rings. The predicted molar refractivity (Wildman–Crippen MR) is 134 cm³/mol. The van der Waals surface area contributed by atoms with Crippen molar-refractivity contribution < 1.29 is 28.2 Å². The van der Waals surface area contributed by atoms with Crippen LogP contribution in [0.4, 0.5) is 4.39 Å².